The number of nitrogens with one attached hydrogen (secondary N) is 3. The molecule has 3 amide bonds. The normalized spacial score (nSPS) is 10.2. The summed E-state index contributed by atoms with van der Waals surface area (Å²) in [4.78, 5) is 32.1. The lowest BCUT2D eigenvalue weighted by Crippen LogP contribution is -2.31. The molecule has 0 fully saturated rings. The zero-order valence-corrected chi connectivity index (χ0v) is 16.8. The minimum absolute atomic E-state index is 0.130. The van der Waals surface area contributed by atoms with Crippen molar-refractivity contribution >= 4 is 23.4 Å². The molecule has 0 saturated heterocycles. The average molecular weight is 405 g/mol. The number of hydrogen-bond acceptors (Lipinski definition) is 5. The Morgan fingerprint density at radius 3 is 2.30 bits per heavy atom. The van der Waals surface area contributed by atoms with Gasteiger partial charge >= 0.3 is 6.03 Å². The van der Waals surface area contributed by atoms with Gasteiger partial charge in [0.05, 0.1) is 11.9 Å². The van der Waals surface area contributed by atoms with Crippen LogP contribution in [-0.4, -0.2) is 28.5 Å². The summed E-state index contributed by atoms with van der Waals surface area (Å²) < 4.78 is 5.65. The Balaban J connectivity index is 1.39. The van der Waals surface area contributed by atoms with E-state index in [2.05, 4.69) is 25.9 Å². The molecule has 3 rings (SSSR count). The highest BCUT2D eigenvalue weighted by Crippen LogP contribution is 2.20. The van der Waals surface area contributed by atoms with Crippen LogP contribution in [0, 0.1) is 13.8 Å². The lowest BCUT2D eigenvalue weighted by atomic mass is 10.2. The van der Waals surface area contributed by atoms with E-state index in [9.17, 15) is 9.59 Å². The van der Waals surface area contributed by atoms with E-state index in [1.54, 1.807) is 24.4 Å². The first-order chi connectivity index (χ1) is 14.5. The van der Waals surface area contributed by atoms with Crippen LogP contribution in [0.25, 0.3) is 0 Å². The van der Waals surface area contributed by atoms with Gasteiger partial charge in [-0.2, -0.15) is 0 Å². The summed E-state index contributed by atoms with van der Waals surface area (Å²) in [5, 5.41) is 7.96. The summed E-state index contributed by atoms with van der Waals surface area (Å²) in [6.45, 7) is 4.11. The average Bonchev–Trinajstić information content (AvgIpc) is 2.73. The van der Waals surface area contributed by atoms with Crippen LogP contribution >= 0.6 is 0 Å². The molecule has 8 nitrogen and oxygen atoms in total. The standard InChI is InChI=1S/C22H23N5O3/c1-15-3-7-18(8-4-15)30-21-10-6-17(14-25-21)26-22(29)23-12-11-20(28)27-19-9-5-16(2)13-24-19/h3-10,13-14H,11-12H2,1-2H3,(H2,23,26,29)(H,24,27,28). The summed E-state index contributed by atoms with van der Waals surface area (Å²) in [6, 6.07) is 14.1. The molecule has 3 aromatic rings. The number of nitrogens with zero attached hydrogens (tertiary/aromatic N) is 2. The van der Waals surface area contributed by atoms with Crippen LogP contribution in [0.5, 0.6) is 11.6 Å². The number of rotatable bonds is 7. The van der Waals surface area contributed by atoms with E-state index in [0.717, 1.165) is 11.1 Å². The van der Waals surface area contributed by atoms with Crippen molar-refractivity contribution in [3.8, 4) is 11.6 Å². The van der Waals surface area contributed by atoms with Gasteiger partial charge in [0.15, 0.2) is 0 Å². The van der Waals surface area contributed by atoms with Crippen LogP contribution in [0.3, 0.4) is 0 Å². The molecule has 2 aromatic heterocycles. The molecule has 0 aliphatic heterocycles. The molecule has 0 saturated carbocycles. The van der Waals surface area contributed by atoms with Crippen molar-refractivity contribution in [2.45, 2.75) is 20.3 Å². The number of carbonyl (C=O) groups excluding carboxylic acids is 2. The van der Waals surface area contributed by atoms with Crippen LogP contribution in [0.2, 0.25) is 0 Å². The van der Waals surface area contributed by atoms with E-state index >= 15 is 0 Å². The Labute approximate surface area is 174 Å². The number of aromatic nitrogens is 2. The van der Waals surface area contributed by atoms with E-state index in [4.69, 9.17) is 4.74 Å². The summed E-state index contributed by atoms with van der Waals surface area (Å²) in [5.41, 5.74) is 2.66. The molecule has 154 valence electrons. The fraction of sp³-hybridized carbons (Fsp3) is 0.182. The number of pyridine rings is 2. The van der Waals surface area contributed by atoms with Gasteiger partial charge in [0.1, 0.15) is 11.6 Å². The van der Waals surface area contributed by atoms with Crippen LogP contribution in [0.1, 0.15) is 17.5 Å². The van der Waals surface area contributed by atoms with E-state index in [-0.39, 0.29) is 18.9 Å². The van der Waals surface area contributed by atoms with Gasteiger partial charge in [-0.15, -0.1) is 0 Å². The van der Waals surface area contributed by atoms with Gasteiger partial charge in [-0.05, 0) is 43.7 Å². The molecule has 0 bridgehead atoms. The van der Waals surface area contributed by atoms with Crippen LogP contribution in [0.4, 0.5) is 16.3 Å². The van der Waals surface area contributed by atoms with Crippen molar-refractivity contribution in [2.24, 2.45) is 0 Å². The SMILES string of the molecule is Cc1ccc(Oc2ccc(NC(=O)NCCC(=O)Nc3ccc(C)cn3)cn2)cc1. The predicted octanol–water partition coefficient (Wildman–Crippen LogP) is 4.04. The Kier molecular flexibility index (Phi) is 6.94. The van der Waals surface area contributed by atoms with Crippen LogP contribution in [-0.2, 0) is 4.79 Å². The van der Waals surface area contributed by atoms with Crippen molar-refractivity contribution in [1.29, 1.82) is 0 Å². The van der Waals surface area contributed by atoms with Crippen molar-refractivity contribution < 1.29 is 14.3 Å². The van der Waals surface area contributed by atoms with Gasteiger partial charge in [0.2, 0.25) is 11.8 Å². The lowest BCUT2D eigenvalue weighted by molar-refractivity contribution is -0.116. The molecule has 0 radical (unpaired) electrons. The molecule has 0 spiro atoms. The zero-order chi connectivity index (χ0) is 21.3. The Hall–Kier alpha value is -3.94. The van der Waals surface area contributed by atoms with Gasteiger partial charge in [0, 0.05) is 25.2 Å². The number of anilines is 2. The fourth-order valence-electron chi connectivity index (χ4n) is 2.45. The molecule has 1 aromatic carbocycles. The second-order valence-electron chi connectivity index (χ2n) is 6.70. The molecule has 0 atom stereocenters. The Morgan fingerprint density at radius 1 is 0.867 bits per heavy atom. The molecule has 0 aliphatic carbocycles. The number of urea groups is 1. The first-order valence-electron chi connectivity index (χ1n) is 9.46. The number of ether oxygens (including phenoxy) is 1. The van der Waals surface area contributed by atoms with Gasteiger partial charge in [-0.3, -0.25) is 4.79 Å². The second kappa shape index (κ2) is 10.0. The highest BCUT2D eigenvalue weighted by molar-refractivity contribution is 5.91. The van der Waals surface area contributed by atoms with E-state index in [0.29, 0.717) is 23.1 Å². The quantitative estimate of drug-likeness (QED) is 0.550. The van der Waals surface area contributed by atoms with Crippen LogP contribution < -0.4 is 20.7 Å². The van der Waals surface area contributed by atoms with Gasteiger partial charge in [-0.1, -0.05) is 23.8 Å². The maximum absolute atomic E-state index is 12.0. The van der Waals surface area contributed by atoms with Crippen LogP contribution in [0.15, 0.2) is 60.9 Å². The Morgan fingerprint density at radius 2 is 1.63 bits per heavy atom. The molecule has 2 heterocycles. The number of carbonyl (C=O) groups is 2. The second-order valence-corrected chi connectivity index (χ2v) is 6.70. The van der Waals surface area contributed by atoms with Crippen molar-refractivity contribution in [3.05, 3.63) is 72.1 Å². The van der Waals surface area contributed by atoms with E-state index in [1.807, 2.05) is 44.2 Å². The molecule has 8 heteroatoms. The molecular weight excluding hydrogens is 382 g/mol. The largest absolute Gasteiger partial charge is 0.439 e. The summed E-state index contributed by atoms with van der Waals surface area (Å²) in [5.74, 6) is 1.36. The highest BCUT2D eigenvalue weighted by atomic mass is 16.5. The van der Waals surface area contributed by atoms with E-state index < -0.39 is 6.03 Å². The Bertz CT molecular complexity index is 987. The number of benzene rings is 1. The lowest BCUT2D eigenvalue weighted by Gasteiger charge is -2.09. The zero-order valence-electron chi connectivity index (χ0n) is 16.8. The third-order valence-electron chi connectivity index (χ3n) is 4.05. The molecular formula is C22H23N5O3. The maximum Gasteiger partial charge on any atom is 0.319 e. The first kappa shape index (κ1) is 20.8. The monoisotopic (exact) mass is 405 g/mol. The third-order valence-corrected chi connectivity index (χ3v) is 4.05. The van der Waals surface area contributed by atoms with Gasteiger partial charge in [-0.25, -0.2) is 14.8 Å². The minimum atomic E-state index is -0.426. The minimum Gasteiger partial charge on any atom is -0.439 e. The summed E-state index contributed by atoms with van der Waals surface area (Å²) in [7, 11) is 0. The van der Waals surface area contributed by atoms with Gasteiger partial charge < -0.3 is 20.7 Å². The van der Waals surface area contributed by atoms with E-state index in [1.165, 1.54) is 6.20 Å². The topological polar surface area (TPSA) is 105 Å². The number of amides is 3. The summed E-state index contributed by atoms with van der Waals surface area (Å²) in [6.07, 6.45) is 3.30. The number of aryl methyl sites for hydroxylation is 2. The van der Waals surface area contributed by atoms with Gasteiger partial charge in [0.25, 0.3) is 0 Å². The number of hydrogen-bond donors (Lipinski definition) is 3. The fourth-order valence-corrected chi connectivity index (χ4v) is 2.45. The molecule has 30 heavy (non-hydrogen) atoms. The smallest absolute Gasteiger partial charge is 0.319 e. The van der Waals surface area contributed by atoms with Crippen molar-refractivity contribution in [2.75, 3.05) is 17.2 Å². The predicted molar refractivity (Wildman–Crippen MR) is 115 cm³/mol. The summed E-state index contributed by atoms with van der Waals surface area (Å²) >= 11 is 0. The molecule has 0 unspecified atom stereocenters. The molecule has 0 aliphatic rings. The highest BCUT2D eigenvalue weighted by Gasteiger charge is 2.06. The van der Waals surface area contributed by atoms with Crippen molar-refractivity contribution in [3.63, 3.8) is 0 Å². The first-order valence-corrected chi connectivity index (χ1v) is 9.46. The third kappa shape index (κ3) is 6.59. The van der Waals surface area contributed by atoms with Crippen molar-refractivity contribution in [1.82, 2.24) is 15.3 Å². The maximum atomic E-state index is 12.0. The molecule has 3 N–H and O–H groups in total.